The second kappa shape index (κ2) is 6.32. The minimum Gasteiger partial charge on any atom is -0.339 e. The van der Waals surface area contributed by atoms with Crippen molar-refractivity contribution in [1.29, 1.82) is 0 Å². The van der Waals surface area contributed by atoms with E-state index < -0.39 is 0 Å². The molecule has 102 valence electrons. The van der Waals surface area contributed by atoms with Crippen LogP contribution in [0, 0.1) is 5.92 Å². The molecule has 18 heavy (non-hydrogen) atoms. The molecule has 4 nitrogen and oxygen atoms in total. The third kappa shape index (κ3) is 3.10. The van der Waals surface area contributed by atoms with Gasteiger partial charge in [-0.15, -0.1) is 0 Å². The first-order valence-electron chi connectivity index (χ1n) is 7.26. The molecule has 1 aromatic heterocycles. The van der Waals surface area contributed by atoms with Crippen molar-refractivity contribution in [3.63, 3.8) is 0 Å². The number of rotatable bonds is 6. The highest BCUT2D eigenvalue weighted by atomic mass is 16.5. The Hall–Kier alpha value is -0.900. The Morgan fingerprint density at radius 1 is 1.39 bits per heavy atom. The quantitative estimate of drug-likeness (QED) is 0.844. The van der Waals surface area contributed by atoms with E-state index in [1.165, 1.54) is 25.7 Å². The number of aromatic nitrogens is 2. The number of hydrogen-bond donors (Lipinski definition) is 1. The monoisotopic (exact) mass is 251 g/mol. The standard InChI is InChI=1S/C14H25N3O/c1-4-10-6-7-11(8-10)14-16-13(18-17-14)9-12(5-2)15-3/h10-12,15H,4-9H2,1-3H3. The zero-order valence-corrected chi connectivity index (χ0v) is 11.8. The van der Waals surface area contributed by atoms with Crippen molar-refractivity contribution < 1.29 is 4.52 Å². The average Bonchev–Trinajstić information content (AvgIpc) is 3.04. The first-order chi connectivity index (χ1) is 8.76. The fourth-order valence-corrected chi connectivity index (χ4v) is 2.86. The van der Waals surface area contributed by atoms with Crippen LogP contribution in [0.2, 0.25) is 0 Å². The Kier molecular flexibility index (Phi) is 4.75. The SMILES string of the molecule is CCC1CCC(c2noc(CC(CC)NC)n2)C1. The maximum Gasteiger partial charge on any atom is 0.228 e. The molecule has 0 bridgehead atoms. The molecule has 1 heterocycles. The lowest BCUT2D eigenvalue weighted by Gasteiger charge is -2.09. The summed E-state index contributed by atoms with van der Waals surface area (Å²) in [7, 11) is 1.98. The first-order valence-corrected chi connectivity index (χ1v) is 7.26. The van der Waals surface area contributed by atoms with Crippen LogP contribution in [-0.4, -0.2) is 23.2 Å². The maximum atomic E-state index is 5.38. The molecule has 1 fully saturated rings. The number of nitrogens with one attached hydrogen (secondary N) is 1. The van der Waals surface area contributed by atoms with Crippen LogP contribution >= 0.6 is 0 Å². The van der Waals surface area contributed by atoms with Crippen molar-refractivity contribution in [3.05, 3.63) is 11.7 Å². The van der Waals surface area contributed by atoms with Crippen LogP contribution < -0.4 is 5.32 Å². The normalized spacial score (nSPS) is 25.5. The van der Waals surface area contributed by atoms with Crippen molar-refractivity contribution in [2.24, 2.45) is 5.92 Å². The van der Waals surface area contributed by atoms with Gasteiger partial charge in [0.15, 0.2) is 5.82 Å². The van der Waals surface area contributed by atoms with E-state index in [-0.39, 0.29) is 0 Å². The predicted molar refractivity (Wildman–Crippen MR) is 71.5 cm³/mol. The molecule has 0 saturated heterocycles. The predicted octanol–water partition coefficient (Wildman–Crippen LogP) is 2.90. The summed E-state index contributed by atoms with van der Waals surface area (Å²) in [6.07, 6.45) is 6.97. The van der Waals surface area contributed by atoms with Gasteiger partial charge >= 0.3 is 0 Å². The summed E-state index contributed by atoms with van der Waals surface area (Å²) >= 11 is 0. The molecule has 3 atom stereocenters. The zero-order chi connectivity index (χ0) is 13.0. The number of hydrogen-bond acceptors (Lipinski definition) is 4. The lowest BCUT2D eigenvalue weighted by Crippen LogP contribution is -2.26. The fourth-order valence-electron chi connectivity index (χ4n) is 2.86. The minimum absolute atomic E-state index is 0.435. The third-order valence-electron chi connectivity index (χ3n) is 4.29. The molecule has 1 aliphatic rings. The molecule has 1 N–H and O–H groups in total. The van der Waals surface area contributed by atoms with Crippen molar-refractivity contribution in [1.82, 2.24) is 15.5 Å². The molecular weight excluding hydrogens is 226 g/mol. The lowest BCUT2D eigenvalue weighted by molar-refractivity contribution is 0.352. The van der Waals surface area contributed by atoms with Crippen LogP contribution in [0.4, 0.5) is 0 Å². The van der Waals surface area contributed by atoms with Crippen LogP contribution in [0.15, 0.2) is 4.52 Å². The summed E-state index contributed by atoms with van der Waals surface area (Å²) in [4.78, 5) is 4.58. The van der Waals surface area contributed by atoms with Crippen LogP contribution in [0.3, 0.4) is 0 Å². The molecule has 0 spiro atoms. The molecular formula is C14H25N3O. The number of nitrogens with zero attached hydrogens (tertiary/aromatic N) is 2. The van der Waals surface area contributed by atoms with E-state index in [0.29, 0.717) is 12.0 Å². The maximum absolute atomic E-state index is 5.38. The molecule has 1 saturated carbocycles. The average molecular weight is 251 g/mol. The topological polar surface area (TPSA) is 51.0 Å². The van der Waals surface area contributed by atoms with Gasteiger partial charge in [0.05, 0.1) is 0 Å². The van der Waals surface area contributed by atoms with Gasteiger partial charge in [-0.2, -0.15) is 4.98 Å². The van der Waals surface area contributed by atoms with E-state index in [4.69, 9.17) is 4.52 Å². The second-order valence-electron chi connectivity index (χ2n) is 5.43. The van der Waals surface area contributed by atoms with Gasteiger partial charge in [0.1, 0.15) is 0 Å². The zero-order valence-electron chi connectivity index (χ0n) is 11.8. The van der Waals surface area contributed by atoms with Crippen LogP contribution in [-0.2, 0) is 6.42 Å². The van der Waals surface area contributed by atoms with Gasteiger partial charge in [0.2, 0.25) is 5.89 Å². The van der Waals surface area contributed by atoms with Crippen LogP contribution in [0.1, 0.15) is 63.6 Å². The summed E-state index contributed by atoms with van der Waals surface area (Å²) < 4.78 is 5.38. The van der Waals surface area contributed by atoms with E-state index in [1.54, 1.807) is 0 Å². The minimum atomic E-state index is 0.435. The summed E-state index contributed by atoms with van der Waals surface area (Å²) in [5, 5.41) is 7.44. The van der Waals surface area contributed by atoms with Gasteiger partial charge in [-0.25, -0.2) is 0 Å². The van der Waals surface area contributed by atoms with Crippen LogP contribution in [0.25, 0.3) is 0 Å². The number of likely N-dealkylation sites (N-methyl/N-ethyl adjacent to an activating group) is 1. The smallest absolute Gasteiger partial charge is 0.228 e. The molecule has 3 unspecified atom stereocenters. The van der Waals surface area contributed by atoms with Gasteiger partial charge < -0.3 is 9.84 Å². The van der Waals surface area contributed by atoms with Gasteiger partial charge in [-0.3, -0.25) is 0 Å². The summed E-state index contributed by atoms with van der Waals surface area (Å²) in [6.45, 7) is 4.44. The van der Waals surface area contributed by atoms with Gasteiger partial charge in [-0.1, -0.05) is 25.4 Å². The highest BCUT2D eigenvalue weighted by Crippen LogP contribution is 2.38. The summed E-state index contributed by atoms with van der Waals surface area (Å²) in [5.74, 6) is 3.11. The molecule has 0 aliphatic heterocycles. The second-order valence-corrected chi connectivity index (χ2v) is 5.43. The first kappa shape index (κ1) is 13.5. The van der Waals surface area contributed by atoms with E-state index in [0.717, 1.165) is 30.5 Å². The molecule has 2 rings (SSSR count). The fraction of sp³-hybridized carbons (Fsp3) is 0.857. The van der Waals surface area contributed by atoms with Crippen molar-refractivity contribution in [3.8, 4) is 0 Å². The van der Waals surface area contributed by atoms with E-state index in [9.17, 15) is 0 Å². The van der Waals surface area contributed by atoms with Gasteiger partial charge in [0, 0.05) is 18.4 Å². The Morgan fingerprint density at radius 3 is 2.83 bits per heavy atom. The molecule has 0 radical (unpaired) electrons. The largest absolute Gasteiger partial charge is 0.339 e. The lowest BCUT2D eigenvalue weighted by atomic mass is 10.0. The highest BCUT2D eigenvalue weighted by molar-refractivity contribution is 5.00. The van der Waals surface area contributed by atoms with Crippen molar-refractivity contribution in [2.45, 2.75) is 64.3 Å². The van der Waals surface area contributed by atoms with E-state index in [1.807, 2.05) is 7.05 Å². The molecule has 0 amide bonds. The Balaban J connectivity index is 1.94. The van der Waals surface area contributed by atoms with E-state index >= 15 is 0 Å². The highest BCUT2D eigenvalue weighted by Gasteiger charge is 2.28. The van der Waals surface area contributed by atoms with E-state index in [2.05, 4.69) is 29.3 Å². The molecule has 1 aromatic rings. The van der Waals surface area contributed by atoms with Crippen LogP contribution in [0.5, 0.6) is 0 Å². The summed E-state index contributed by atoms with van der Waals surface area (Å²) in [6, 6.07) is 0.435. The van der Waals surface area contributed by atoms with Crippen molar-refractivity contribution in [2.75, 3.05) is 7.05 Å². The van der Waals surface area contributed by atoms with Gasteiger partial charge in [-0.05, 0) is 38.6 Å². The molecule has 4 heteroatoms. The summed E-state index contributed by atoms with van der Waals surface area (Å²) in [5.41, 5.74) is 0. The third-order valence-corrected chi connectivity index (χ3v) is 4.29. The van der Waals surface area contributed by atoms with Gasteiger partial charge in [0.25, 0.3) is 0 Å². The van der Waals surface area contributed by atoms with Crippen molar-refractivity contribution >= 4 is 0 Å². The molecule has 1 aliphatic carbocycles. The Bertz CT molecular complexity index is 360. The molecule has 0 aromatic carbocycles. The Labute approximate surface area is 110 Å². The Morgan fingerprint density at radius 2 is 2.22 bits per heavy atom.